The van der Waals surface area contributed by atoms with Crippen LogP contribution in [-0.2, 0) is 4.74 Å². The molecule has 0 aliphatic carbocycles. The highest BCUT2D eigenvalue weighted by Gasteiger charge is 2.22. The minimum atomic E-state index is 0.0506. The smallest absolute Gasteiger partial charge is 0.261 e. The van der Waals surface area contributed by atoms with Crippen molar-refractivity contribution in [3.63, 3.8) is 0 Å². The van der Waals surface area contributed by atoms with Gasteiger partial charge < -0.3 is 15.0 Å². The Morgan fingerprint density at radius 2 is 1.82 bits per heavy atom. The van der Waals surface area contributed by atoms with Crippen LogP contribution in [0.25, 0.3) is 11.1 Å². The number of nitrogens with one attached hydrogen (secondary N) is 1. The van der Waals surface area contributed by atoms with Gasteiger partial charge in [0.05, 0.1) is 23.1 Å². The van der Waals surface area contributed by atoms with Gasteiger partial charge in [-0.05, 0) is 37.4 Å². The maximum atomic E-state index is 12.8. The number of anilines is 1. The monoisotopic (exact) mass is 399 g/mol. The van der Waals surface area contributed by atoms with Crippen molar-refractivity contribution >= 4 is 22.2 Å². The number of thiophene rings is 1. The number of hydrogen-bond acceptors (Lipinski definition) is 5. The van der Waals surface area contributed by atoms with Crippen LogP contribution in [0.1, 0.15) is 28.9 Å². The molecule has 0 saturated carbocycles. The summed E-state index contributed by atoms with van der Waals surface area (Å²) in [6.07, 6.45) is 3.44. The molecule has 0 spiro atoms. The van der Waals surface area contributed by atoms with Gasteiger partial charge in [0.1, 0.15) is 0 Å². The number of carbonyl (C=O) groups is 1. The number of hydrogen-bond donors (Lipinski definition) is 1. The van der Waals surface area contributed by atoms with Gasteiger partial charge in [0.25, 0.3) is 5.91 Å². The predicted molar refractivity (Wildman–Crippen MR) is 115 cm³/mol. The number of carbonyl (C=O) groups excluding carboxylic acids is 1. The topological polar surface area (TPSA) is 44.8 Å². The van der Waals surface area contributed by atoms with Gasteiger partial charge in [-0.15, -0.1) is 11.3 Å². The van der Waals surface area contributed by atoms with Crippen LogP contribution in [0.15, 0.2) is 36.4 Å². The van der Waals surface area contributed by atoms with Gasteiger partial charge in [-0.3, -0.25) is 9.69 Å². The Morgan fingerprint density at radius 1 is 1.07 bits per heavy atom. The van der Waals surface area contributed by atoms with Crippen molar-refractivity contribution in [1.82, 2.24) is 10.2 Å². The van der Waals surface area contributed by atoms with E-state index in [4.69, 9.17) is 4.74 Å². The lowest BCUT2D eigenvalue weighted by Gasteiger charge is -2.26. The van der Waals surface area contributed by atoms with Crippen LogP contribution < -0.4 is 10.2 Å². The predicted octanol–water partition coefficient (Wildman–Crippen LogP) is 3.47. The van der Waals surface area contributed by atoms with Gasteiger partial charge in [-0.1, -0.05) is 30.3 Å². The van der Waals surface area contributed by atoms with E-state index in [1.165, 1.54) is 29.0 Å². The molecule has 150 valence electrons. The Labute approximate surface area is 171 Å². The summed E-state index contributed by atoms with van der Waals surface area (Å²) in [6.45, 7) is 7.54. The Balaban J connectivity index is 1.40. The van der Waals surface area contributed by atoms with Crippen molar-refractivity contribution in [1.29, 1.82) is 0 Å². The van der Waals surface area contributed by atoms with Crippen molar-refractivity contribution in [2.24, 2.45) is 0 Å². The molecular formula is C22H29N3O2S. The van der Waals surface area contributed by atoms with E-state index >= 15 is 0 Å². The van der Waals surface area contributed by atoms with E-state index < -0.39 is 0 Å². The standard InChI is InChI=1S/C22H29N3O2S/c26-21(23-9-6-10-24-13-15-27-16-14-24)20-17-19(18-7-2-1-3-8-18)22(28-20)25-11-4-5-12-25/h1-3,7-8,17H,4-6,9-16H2,(H,23,26). The maximum absolute atomic E-state index is 12.8. The van der Waals surface area contributed by atoms with Gasteiger partial charge in [-0.2, -0.15) is 0 Å². The molecule has 0 radical (unpaired) electrons. The molecule has 0 atom stereocenters. The largest absolute Gasteiger partial charge is 0.379 e. The number of benzene rings is 1. The van der Waals surface area contributed by atoms with Crippen LogP contribution in [-0.4, -0.2) is 63.3 Å². The Kier molecular flexibility index (Phi) is 6.62. The molecule has 6 heteroatoms. The average molecular weight is 400 g/mol. The lowest BCUT2D eigenvalue weighted by Crippen LogP contribution is -2.38. The Morgan fingerprint density at radius 3 is 2.57 bits per heavy atom. The Hall–Kier alpha value is -1.89. The Bertz CT molecular complexity index is 765. The first-order valence-corrected chi connectivity index (χ1v) is 11.2. The lowest BCUT2D eigenvalue weighted by atomic mass is 10.1. The van der Waals surface area contributed by atoms with E-state index in [1.54, 1.807) is 11.3 Å². The molecule has 2 fully saturated rings. The fourth-order valence-electron chi connectivity index (χ4n) is 3.89. The number of morpholine rings is 1. The minimum Gasteiger partial charge on any atom is -0.379 e. The second-order valence-corrected chi connectivity index (χ2v) is 8.48. The number of nitrogens with zero attached hydrogens (tertiary/aromatic N) is 2. The van der Waals surface area contributed by atoms with E-state index in [1.807, 2.05) is 6.07 Å². The fourth-order valence-corrected chi connectivity index (χ4v) is 5.04. The van der Waals surface area contributed by atoms with Crippen molar-refractivity contribution in [2.45, 2.75) is 19.3 Å². The van der Waals surface area contributed by atoms with Crippen molar-refractivity contribution < 1.29 is 9.53 Å². The normalized spacial score (nSPS) is 17.8. The zero-order chi connectivity index (χ0) is 19.2. The summed E-state index contributed by atoms with van der Waals surface area (Å²) in [5, 5.41) is 4.35. The summed E-state index contributed by atoms with van der Waals surface area (Å²) >= 11 is 1.63. The van der Waals surface area contributed by atoms with Gasteiger partial charge in [-0.25, -0.2) is 0 Å². The molecule has 2 saturated heterocycles. The van der Waals surface area contributed by atoms with Gasteiger partial charge in [0, 0.05) is 38.3 Å². The number of ether oxygens (including phenoxy) is 1. The first kappa shape index (κ1) is 19.4. The molecule has 1 amide bonds. The van der Waals surface area contributed by atoms with Crippen LogP contribution in [0.4, 0.5) is 5.00 Å². The van der Waals surface area contributed by atoms with E-state index in [0.717, 1.165) is 57.2 Å². The van der Waals surface area contributed by atoms with E-state index in [9.17, 15) is 4.79 Å². The quantitative estimate of drug-likeness (QED) is 0.724. The molecular weight excluding hydrogens is 370 g/mol. The van der Waals surface area contributed by atoms with Crippen LogP contribution >= 0.6 is 11.3 Å². The molecule has 2 aliphatic heterocycles. The summed E-state index contributed by atoms with van der Waals surface area (Å²) in [5.74, 6) is 0.0506. The molecule has 1 aromatic heterocycles. The summed E-state index contributed by atoms with van der Waals surface area (Å²) < 4.78 is 5.38. The molecule has 1 N–H and O–H groups in total. The first-order valence-electron chi connectivity index (χ1n) is 10.3. The van der Waals surface area contributed by atoms with Gasteiger partial charge >= 0.3 is 0 Å². The molecule has 1 aromatic carbocycles. The zero-order valence-electron chi connectivity index (χ0n) is 16.4. The third-order valence-electron chi connectivity index (χ3n) is 5.45. The van der Waals surface area contributed by atoms with Crippen molar-refractivity contribution in [2.75, 3.05) is 57.4 Å². The van der Waals surface area contributed by atoms with E-state index in [0.29, 0.717) is 6.54 Å². The summed E-state index contributed by atoms with van der Waals surface area (Å²) in [4.78, 5) is 18.4. The average Bonchev–Trinajstić information content (AvgIpc) is 3.42. The minimum absolute atomic E-state index is 0.0506. The number of rotatable bonds is 7. The van der Waals surface area contributed by atoms with Crippen LogP contribution in [0.5, 0.6) is 0 Å². The first-order chi connectivity index (χ1) is 13.8. The van der Waals surface area contributed by atoms with Crippen LogP contribution in [0.2, 0.25) is 0 Å². The maximum Gasteiger partial charge on any atom is 0.261 e. The van der Waals surface area contributed by atoms with E-state index in [-0.39, 0.29) is 5.91 Å². The second kappa shape index (κ2) is 9.54. The second-order valence-electron chi connectivity index (χ2n) is 7.45. The molecule has 2 aliphatic rings. The highest BCUT2D eigenvalue weighted by atomic mass is 32.1. The van der Waals surface area contributed by atoms with Crippen molar-refractivity contribution in [3.05, 3.63) is 41.3 Å². The van der Waals surface area contributed by atoms with Crippen LogP contribution in [0, 0.1) is 0 Å². The summed E-state index contributed by atoms with van der Waals surface area (Å²) in [6, 6.07) is 12.5. The molecule has 0 bridgehead atoms. The molecule has 28 heavy (non-hydrogen) atoms. The molecule has 4 rings (SSSR count). The number of amides is 1. The van der Waals surface area contributed by atoms with Crippen molar-refractivity contribution in [3.8, 4) is 11.1 Å². The molecule has 3 heterocycles. The molecule has 5 nitrogen and oxygen atoms in total. The highest BCUT2D eigenvalue weighted by Crippen LogP contribution is 2.40. The SMILES string of the molecule is O=C(NCCCN1CCOCC1)c1cc(-c2ccccc2)c(N2CCCC2)s1. The highest BCUT2D eigenvalue weighted by molar-refractivity contribution is 7.18. The third-order valence-corrected chi connectivity index (χ3v) is 6.65. The summed E-state index contributed by atoms with van der Waals surface area (Å²) in [7, 11) is 0. The third kappa shape index (κ3) is 4.74. The zero-order valence-corrected chi connectivity index (χ0v) is 17.2. The fraction of sp³-hybridized carbons (Fsp3) is 0.500. The summed E-state index contributed by atoms with van der Waals surface area (Å²) in [5.41, 5.74) is 2.37. The van der Waals surface area contributed by atoms with Gasteiger partial charge in [0.2, 0.25) is 0 Å². The van der Waals surface area contributed by atoms with E-state index in [2.05, 4.69) is 45.4 Å². The van der Waals surface area contributed by atoms with Crippen LogP contribution in [0.3, 0.4) is 0 Å². The molecule has 0 unspecified atom stereocenters. The lowest BCUT2D eigenvalue weighted by molar-refractivity contribution is 0.0374. The molecule has 2 aromatic rings. The van der Waals surface area contributed by atoms with Gasteiger partial charge in [0.15, 0.2) is 0 Å².